The highest BCUT2D eigenvalue weighted by Gasteiger charge is 2.27. The number of fused-ring (bicyclic) bond motifs is 1. The Morgan fingerprint density at radius 3 is 3.12 bits per heavy atom. The van der Waals surface area contributed by atoms with Gasteiger partial charge in [0, 0.05) is 32.5 Å². The number of benzene rings is 1. The van der Waals surface area contributed by atoms with Crippen molar-refractivity contribution in [2.24, 2.45) is 0 Å². The lowest BCUT2D eigenvalue weighted by Crippen LogP contribution is -2.44. The van der Waals surface area contributed by atoms with Gasteiger partial charge in [0.05, 0.1) is 11.7 Å². The number of hydrogen-bond acceptors (Lipinski definition) is 7. The lowest BCUT2D eigenvalue weighted by Gasteiger charge is -2.31. The summed E-state index contributed by atoms with van der Waals surface area (Å²) < 4.78 is 13.5. The minimum absolute atomic E-state index is 0.0681. The van der Waals surface area contributed by atoms with Crippen molar-refractivity contribution in [3.63, 3.8) is 0 Å². The molecule has 2 amide bonds. The average molecular weight is 358 g/mol. The molecular formula is C16H18N6O2S. The monoisotopic (exact) mass is 358 g/mol. The van der Waals surface area contributed by atoms with Crippen LogP contribution in [0, 0.1) is 6.92 Å². The molecule has 0 saturated carbocycles. The van der Waals surface area contributed by atoms with Gasteiger partial charge in [-0.2, -0.15) is 13.7 Å². The van der Waals surface area contributed by atoms with Crippen molar-refractivity contribution in [3.05, 3.63) is 35.5 Å². The number of nitrogens with one attached hydrogen (secondary N) is 1. The van der Waals surface area contributed by atoms with Crippen LogP contribution in [0.3, 0.4) is 0 Å². The predicted molar refractivity (Wildman–Crippen MR) is 92.2 cm³/mol. The van der Waals surface area contributed by atoms with Gasteiger partial charge in [0.1, 0.15) is 11.0 Å². The molecule has 130 valence electrons. The van der Waals surface area contributed by atoms with E-state index in [9.17, 15) is 4.79 Å². The number of hydrogen-bond donors (Lipinski definition) is 1. The van der Waals surface area contributed by atoms with E-state index in [1.165, 1.54) is 11.7 Å². The third kappa shape index (κ3) is 3.46. The highest BCUT2D eigenvalue weighted by atomic mass is 32.1. The van der Waals surface area contributed by atoms with Crippen molar-refractivity contribution >= 4 is 28.8 Å². The average Bonchev–Trinajstić information content (AvgIpc) is 3.28. The molecule has 1 aliphatic rings. The molecule has 8 nitrogen and oxygen atoms in total. The van der Waals surface area contributed by atoms with E-state index in [4.69, 9.17) is 4.52 Å². The Balaban J connectivity index is 1.36. The van der Waals surface area contributed by atoms with E-state index in [1.807, 2.05) is 23.1 Å². The molecule has 0 spiro atoms. The van der Waals surface area contributed by atoms with Crippen LogP contribution in [0.4, 0.5) is 4.79 Å². The number of carbonyl (C=O) groups is 1. The summed E-state index contributed by atoms with van der Waals surface area (Å²) in [6, 6.07) is 5.78. The van der Waals surface area contributed by atoms with Gasteiger partial charge >= 0.3 is 6.03 Å². The summed E-state index contributed by atoms with van der Waals surface area (Å²) >= 11 is 1.19. The highest BCUT2D eigenvalue weighted by molar-refractivity contribution is 7.00. The predicted octanol–water partition coefficient (Wildman–Crippen LogP) is 2.47. The number of piperidine rings is 1. The number of likely N-dealkylation sites (tertiary alicyclic amines) is 1. The van der Waals surface area contributed by atoms with Gasteiger partial charge in [-0.1, -0.05) is 11.2 Å². The van der Waals surface area contributed by atoms with Crippen molar-refractivity contribution in [1.82, 2.24) is 29.1 Å². The van der Waals surface area contributed by atoms with Gasteiger partial charge in [0.15, 0.2) is 5.82 Å². The topological polar surface area (TPSA) is 97.0 Å². The normalized spacial score (nSPS) is 17.8. The highest BCUT2D eigenvalue weighted by Crippen LogP contribution is 2.24. The van der Waals surface area contributed by atoms with Crippen molar-refractivity contribution in [3.8, 4) is 0 Å². The molecule has 1 atom stereocenters. The maximum Gasteiger partial charge on any atom is 0.317 e. The fourth-order valence-electron chi connectivity index (χ4n) is 3.08. The maximum atomic E-state index is 12.5. The third-order valence-corrected chi connectivity index (χ3v) is 4.94. The Kier molecular flexibility index (Phi) is 4.31. The zero-order valence-corrected chi connectivity index (χ0v) is 14.6. The maximum absolute atomic E-state index is 12.5. The first-order valence-corrected chi connectivity index (χ1v) is 8.96. The number of carbonyl (C=O) groups excluding carboxylic acids is 1. The molecule has 25 heavy (non-hydrogen) atoms. The van der Waals surface area contributed by atoms with Crippen molar-refractivity contribution in [1.29, 1.82) is 0 Å². The summed E-state index contributed by atoms with van der Waals surface area (Å²) in [6.45, 7) is 3.60. The molecule has 3 heterocycles. The molecule has 9 heteroatoms. The van der Waals surface area contributed by atoms with Crippen molar-refractivity contribution in [2.45, 2.75) is 32.2 Å². The molecule has 3 aromatic rings. The zero-order chi connectivity index (χ0) is 17.2. The van der Waals surface area contributed by atoms with Gasteiger partial charge in [0.2, 0.25) is 5.89 Å². The smallest absolute Gasteiger partial charge is 0.317 e. The van der Waals surface area contributed by atoms with Gasteiger partial charge in [-0.3, -0.25) is 0 Å². The second-order valence-corrected chi connectivity index (χ2v) is 6.73. The SMILES string of the molecule is Cc1nc(C2CCCN(C(=O)NCc3ccc4nsnc4c3)C2)no1. The lowest BCUT2D eigenvalue weighted by atomic mass is 9.98. The Bertz CT molecular complexity index is 892. The van der Waals surface area contributed by atoms with E-state index in [0.29, 0.717) is 24.8 Å². The summed E-state index contributed by atoms with van der Waals surface area (Å²) in [5, 5.41) is 6.98. The summed E-state index contributed by atoms with van der Waals surface area (Å²) in [5.41, 5.74) is 2.76. The fraction of sp³-hybridized carbons (Fsp3) is 0.438. The molecule has 0 bridgehead atoms. The van der Waals surface area contributed by atoms with Crippen LogP contribution in [-0.2, 0) is 6.54 Å². The van der Waals surface area contributed by atoms with E-state index < -0.39 is 0 Å². The second-order valence-electron chi connectivity index (χ2n) is 6.20. The molecule has 1 fully saturated rings. The minimum Gasteiger partial charge on any atom is -0.340 e. The van der Waals surface area contributed by atoms with Gasteiger partial charge < -0.3 is 14.7 Å². The molecule has 1 aromatic carbocycles. The molecule has 2 aromatic heterocycles. The van der Waals surface area contributed by atoms with Crippen LogP contribution in [-0.4, -0.2) is 42.9 Å². The lowest BCUT2D eigenvalue weighted by molar-refractivity contribution is 0.177. The number of amides is 2. The van der Waals surface area contributed by atoms with Crippen molar-refractivity contribution in [2.75, 3.05) is 13.1 Å². The number of nitrogens with zero attached hydrogens (tertiary/aromatic N) is 5. The quantitative estimate of drug-likeness (QED) is 0.772. The van der Waals surface area contributed by atoms with Crippen LogP contribution in [0.5, 0.6) is 0 Å². The first-order chi connectivity index (χ1) is 12.2. The van der Waals surface area contributed by atoms with Gasteiger partial charge in [-0.15, -0.1) is 0 Å². The molecule has 1 saturated heterocycles. The van der Waals surface area contributed by atoms with Gasteiger partial charge in [-0.25, -0.2) is 4.79 Å². The summed E-state index contributed by atoms with van der Waals surface area (Å²) in [7, 11) is 0. The van der Waals surface area contributed by atoms with Crippen LogP contribution in [0.2, 0.25) is 0 Å². The fourth-order valence-corrected chi connectivity index (χ4v) is 3.60. The Morgan fingerprint density at radius 2 is 2.28 bits per heavy atom. The summed E-state index contributed by atoms with van der Waals surface area (Å²) in [5.74, 6) is 1.38. The van der Waals surface area contributed by atoms with Crippen LogP contribution in [0.15, 0.2) is 22.7 Å². The number of aromatic nitrogens is 4. The number of urea groups is 1. The zero-order valence-electron chi connectivity index (χ0n) is 13.8. The van der Waals surface area contributed by atoms with Crippen LogP contribution in [0.1, 0.15) is 36.0 Å². The Hall–Kier alpha value is -2.55. The Morgan fingerprint density at radius 1 is 1.40 bits per heavy atom. The van der Waals surface area contributed by atoms with E-state index in [-0.39, 0.29) is 11.9 Å². The van der Waals surface area contributed by atoms with Gasteiger partial charge in [0.25, 0.3) is 0 Å². The van der Waals surface area contributed by atoms with E-state index in [1.54, 1.807) is 6.92 Å². The Labute approximate surface area is 148 Å². The van der Waals surface area contributed by atoms with Crippen LogP contribution >= 0.6 is 11.7 Å². The third-order valence-electron chi connectivity index (χ3n) is 4.38. The largest absolute Gasteiger partial charge is 0.340 e. The number of aryl methyl sites for hydroxylation is 1. The molecule has 1 unspecified atom stereocenters. The molecule has 1 N–H and O–H groups in total. The van der Waals surface area contributed by atoms with Gasteiger partial charge in [-0.05, 0) is 30.5 Å². The van der Waals surface area contributed by atoms with Crippen molar-refractivity contribution < 1.29 is 9.32 Å². The standard InChI is InChI=1S/C16H18N6O2S/c1-10-18-15(19-24-10)12-3-2-6-22(9-12)16(23)17-8-11-4-5-13-14(7-11)21-25-20-13/h4-5,7,12H,2-3,6,8-9H2,1H3,(H,17,23). The summed E-state index contributed by atoms with van der Waals surface area (Å²) in [6.07, 6.45) is 1.90. The molecular weight excluding hydrogens is 340 g/mol. The second kappa shape index (κ2) is 6.75. The molecule has 4 rings (SSSR count). The molecule has 1 aliphatic heterocycles. The minimum atomic E-state index is -0.0681. The van der Waals surface area contributed by atoms with Crippen LogP contribution in [0.25, 0.3) is 11.0 Å². The summed E-state index contributed by atoms with van der Waals surface area (Å²) in [4.78, 5) is 18.6. The molecule has 0 aliphatic carbocycles. The first kappa shape index (κ1) is 15.9. The molecule has 0 radical (unpaired) electrons. The van der Waals surface area contributed by atoms with E-state index >= 15 is 0 Å². The van der Waals surface area contributed by atoms with Crippen LogP contribution < -0.4 is 5.32 Å². The first-order valence-electron chi connectivity index (χ1n) is 8.23. The number of rotatable bonds is 3. The van der Waals surface area contributed by atoms with E-state index in [0.717, 1.165) is 36.0 Å². The van der Waals surface area contributed by atoms with E-state index in [2.05, 4.69) is 24.2 Å².